The first kappa shape index (κ1) is 16.2. The van der Waals surface area contributed by atoms with Crippen LogP contribution in [0.4, 0.5) is 5.69 Å². The Hall–Kier alpha value is -3.22. The molecule has 1 amide bonds. The first-order chi connectivity index (χ1) is 11.1. The van der Waals surface area contributed by atoms with Crippen LogP contribution in [0.1, 0.15) is 5.56 Å². The van der Waals surface area contributed by atoms with Crippen LogP contribution in [0.25, 0.3) is 0 Å². The monoisotopic (exact) mass is 315 g/mol. The number of hydrogen-bond acceptors (Lipinski definition) is 6. The van der Waals surface area contributed by atoms with Crippen molar-refractivity contribution in [1.82, 2.24) is 5.43 Å². The lowest BCUT2D eigenvalue weighted by Gasteiger charge is -2.06. The van der Waals surface area contributed by atoms with Crippen molar-refractivity contribution in [2.45, 2.75) is 0 Å². The Bertz CT molecular complexity index is 716. The maximum Gasteiger partial charge on any atom is 0.259 e. The third-order valence-electron chi connectivity index (χ3n) is 2.93. The molecule has 7 heteroatoms. The molecule has 7 nitrogen and oxygen atoms in total. The molecule has 0 aliphatic rings. The van der Waals surface area contributed by atoms with Gasteiger partial charge in [0.05, 0.1) is 19.9 Å². The van der Waals surface area contributed by atoms with E-state index in [1.165, 1.54) is 18.3 Å². The average Bonchev–Trinajstić information content (AvgIpc) is 2.56. The summed E-state index contributed by atoms with van der Waals surface area (Å²) in [5, 5.41) is 25.3. The number of phenols is 2. The highest BCUT2D eigenvalue weighted by Gasteiger charge is 2.01. The Balaban J connectivity index is 1.82. The summed E-state index contributed by atoms with van der Waals surface area (Å²) in [4.78, 5) is 11.7. The average molecular weight is 315 g/mol. The second-order valence-corrected chi connectivity index (χ2v) is 4.63. The molecular weight excluding hydrogens is 298 g/mol. The highest BCUT2D eigenvalue weighted by Crippen LogP contribution is 2.23. The number of methoxy groups -OCH3 is 1. The molecule has 0 spiro atoms. The summed E-state index contributed by atoms with van der Waals surface area (Å²) in [6, 6.07) is 11.4. The third-order valence-corrected chi connectivity index (χ3v) is 2.93. The number of amides is 1. The van der Waals surface area contributed by atoms with Gasteiger partial charge in [-0.25, -0.2) is 5.43 Å². The summed E-state index contributed by atoms with van der Waals surface area (Å²) >= 11 is 0. The molecule has 0 aliphatic carbocycles. The lowest BCUT2D eigenvalue weighted by Crippen LogP contribution is -2.25. The number of benzene rings is 2. The largest absolute Gasteiger partial charge is 0.504 e. The minimum absolute atomic E-state index is 0.0470. The minimum atomic E-state index is -0.327. The van der Waals surface area contributed by atoms with Crippen LogP contribution in [-0.2, 0) is 4.79 Å². The van der Waals surface area contributed by atoms with Crippen LogP contribution in [0, 0.1) is 0 Å². The molecule has 2 rings (SSSR count). The lowest BCUT2D eigenvalue weighted by atomic mass is 10.2. The van der Waals surface area contributed by atoms with Gasteiger partial charge in [-0.05, 0) is 35.9 Å². The van der Waals surface area contributed by atoms with E-state index in [-0.39, 0.29) is 24.0 Å². The van der Waals surface area contributed by atoms with Crippen LogP contribution in [0.2, 0.25) is 0 Å². The van der Waals surface area contributed by atoms with Gasteiger partial charge in [-0.2, -0.15) is 5.10 Å². The number of aromatic hydroxyl groups is 2. The van der Waals surface area contributed by atoms with Crippen LogP contribution in [0.5, 0.6) is 17.2 Å². The van der Waals surface area contributed by atoms with Crippen molar-refractivity contribution >= 4 is 17.8 Å². The predicted octanol–water partition coefficient (Wildman–Crippen LogP) is 1.67. The van der Waals surface area contributed by atoms with E-state index in [2.05, 4.69) is 15.8 Å². The van der Waals surface area contributed by atoms with Crippen molar-refractivity contribution in [3.63, 3.8) is 0 Å². The van der Waals surface area contributed by atoms with Gasteiger partial charge in [-0.3, -0.25) is 4.79 Å². The zero-order chi connectivity index (χ0) is 16.7. The van der Waals surface area contributed by atoms with Crippen LogP contribution in [0.15, 0.2) is 47.6 Å². The first-order valence-electron chi connectivity index (χ1n) is 6.80. The first-order valence-corrected chi connectivity index (χ1v) is 6.80. The van der Waals surface area contributed by atoms with Gasteiger partial charge in [0, 0.05) is 11.8 Å². The Morgan fingerprint density at radius 1 is 1.22 bits per heavy atom. The van der Waals surface area contributed by atoms with Gasteiger partial charge in [-0.1, -0.05) is 6.07 Å². The van der Waals surface area contributed by atoms with Crippen molar-refractivity contribution in [2.75, 3.05) is 19.0 Å². The zero-order valence-electron chi connectivity index (χ0n) is 12.5. The molecule has 120 valence electrons. The maximum absolute atomic E-state index is 11.7. The molecule has 4 N–H and O–H groups in total. The number of nitrogens with one attached hydrogen (secondary N) is 2. The van der Waals surface area contributed by atoms with Crippen molar-refractivity contribution in [3.05, 3.63) is 48.0 Å². The number of nitrogens with zero attached hydrogens (tertiary/aromatic N) is 1. The lowest BCUT2D eigenvalue weighted by molar-refractivity contribution is -0.119. The quantitative estimate of drug-likeness (QED) is 0.369. The maximum atomic E-state index is 11.7. The molecule has 0 saturated heterocycles. The van der Waals surface area contributed by atoms with Crippen LogP contribution in [-0.4, -0.2) is 36.0 Å². The molecule has 0 fully saturated rings. The zero-order valence-corrected chi connectivity index (χ0v) is 12.5. The molecule has 2 aromatic carbocycles. The number of phenolic OH excluding ortho intramolecular Hbond substituents is 2. The number of ether oxygens (including phenoxy) is 1. The Morgan fingerprint density at radius 2 is 2.04 bits per heavy atom. The van der Waals surface area contributed by atoms with E-state index in [0.29, 0.717) is 11.3 Å². The van der Waals surface area contributed by atoms with E-state index in [4.69, 9.17) is 4.74 Å². The summed E-state index contributed by atoms with van der Waals surface area (Å²) in [7, 11) is 1.57. The molecular formula is C16H17N3O4. The van der Waals surface area contributed by atoms with E-state index >= 15 is 0 Å². The van der Waals surface area contributed by atoms with Gasteiger partial charge >= 0.3 is 0 Å². The van der Waals surface area contributed by atoms with Crippen LogP contribution >= 0.6 is 0 Å². The van der Waals surface area contributed by atoms with Gasteiger partial charge in [0.15, 0.2) is 11.5 Å². The van der Waals surface area contributed by atoms with Crippen molar-refractivity contribution < 1.29 is 19.7 Å². The van der Waals surface area contributed by atoms with E-state index in [1.807, 2.05) is 18.2 Å². The smallest absolute Gasteiger partial charge is 0.259 e. The van der Waals surface area contributed by atoms with E-state index in [9.17, 15) is 15.0 Å². The normalized spacial score (nSPS) is 10.5. The second kappa shape index (κ2) is 7.69. The predicted molar refractivity (Wildman–Crippen MR) is 87.0 cm³/mol. The number of carbonyl (C=O) groups excluding carboxylic acids is 1. The van der Waals surface area contributed by atoms with Crippen molar-refractivity contribution in [3.8, 4) is 17.2 Å². The topological polar surface area (TPSA) is 103 Å². The summed E-state index contributed by atoms with van der Waals surface area (Å²) in [6.07, 6.45) is 1.36. The highest BCUT2D eigenvalue weighted by atomic mass is 16.5. The van der Waals surface area contributed by atoms with Crippen LogP contribution in [0.3, 0.4) is 0 Å². The Labute approximate surface area is 133 Å². The van der Waals surface area contributed by atoms with E-state index in [0.717, 1.165) is 5.69 Å². The molecule has 0 atom stereocenters. The summed E-state index contributed by atoms with van der Waals surface area (Å²) in [5.74, 6) is -0.0960. The fourth-order valence-corrected chi connectivity index (χ4v) is 1.75. The summed E-state index contributed by atoms with van der Waals surface area (Å²) < 4.78 is 5.09. The van der Waals surface area contributed by atoms with Crippen LogP contribution < -0.4 is 15.5 Å². The minimum Gasteiger partial charge on any atom is -0.504 e. The molecule has 0 bridgehead atoms. The molecule has 0 aliphatic heterocycles. The fraction of sp³-hybridized carbons (Fsp3) is 0.125. The van der Waals surface area contributed by atoms with Gasteiger partial charge in [0.1, 0.15) is 5.75 Å². The van der Waals surface area contributed by atoms with Gasteiger partial charge in [-0.15, -0.1) is 0 Å². The Kier molecular flexibility index (Phi) is 5.40. The van der Waals surface area contributed by atoms with Crippen molar-refractivity contribution in [2.24, 2.45) is 5.10 Å². The molecule has 0 aromatic heterocycles. The third kappa shape index (κ3) is 4.92. The second-order valence-electron chi connectivity index (χ2n) is 4.63. The van der Waals surface area contributed by atoms with Gasteiger partial charge < -0.3 is 20.3 Å². The fourth-order valence-electron chi connectivity index (χ4n) is 1.75. The number of hydrogen-bond donors (Lipinski definition) is 4. The van der Waals surface area contributed by atoms with Gasteiger partial charge in [0.25, 0.3) is 5.91 Å². The van der Waals surface area contributed by atoms with Crippen molar-refractivity contribution in [1.29, 1.82) is 0 Å². The molecule has 0 heterocycles. The summed E-state index contributed by atoms with van der Waals surface area (Å²) in [6.45, 7) is 0.0470. The Morgan fingerprint density at radius 3 is 2.78 bits per heavy atom. The molecule has 0 radical (unpaired) electrons. The number of hydrazone groups is 1. The molecule has 2 aromatic rings. The van der Waals surface area contributed by atoms with Gasteiger partial charge in [0.2, 0.25) is 0 Å². The number of carbonyl (C=O) groups is 1. The molecule has 0 saturated carbocycles. The summed E-state index contributed by atoms with van der Waals surface area (Å²) in [5.41, 5.74) is 3.66. The standard InChI is InChI=1S/C16H17N3O4/c1-23-13-4-2-3-12(8-13)17-10-16(22)19-18-9-11-5-6-14(20)15(21)7-11/h2-9,17,20-21H,10H2,1H3,(H,19,22)/b18-9+. The highest BCUT2D eigenvalue weighted by molar-refractivity contribution is 5.84. The number of rotatable bonds is 6. The SMILES string of the molecule is COc1cccc(NCC(=O)N/N=C/c2ccc(O)c(O)c2)c1. The van der Waals surface area contributed by atoms with E-state index < -0.39 is 0 Å². The van der Waals surface area contributed by atoms with E-state index in [1.54, 1.807) is 19.2 Å². The molecule has 0 unspecified atom stereocenters. The number of anilines is 1. The molecule has 23 heavy (non-hydrogen) atoms.